The van der Waals surface area contributed by atoms with Crippen molar-refractivity contribution in [3.05, 3.63) is 0 Å². The van der Waals surface area contributed by atoms with Gasteiger partial charge in [-0.3, -0.25) is 0 Å². The van der Waals surface area contributed by atoms with Crippen LogP contribution in [0.15, 0.2) is 0 Å². The minimum atomic E-state index is -5.47. The molecule has 0 aliphatic rings. The topological polar surface area (TPSA) is 0 Å². The Bertz CT molecular complexity index is 128. The molecule has 0 aromatic rings. The van der Waals surface area contributed by atoms with E-state index in [0.29, 0.717) is 0 Å². The molecule has 0 radical (unpaired) electrons. The van der Waals surface area contributed by atoms with Crippen LogP contribution in [0, 0.1) is 0 Å². The van der Waals surface area contributed by atoms with E-state index in [1.807, 2.05) is 0 Å². The maximum Gasteiger partial charge on any atom is 0.428 e. The number of hydrogen-bond donors (Lipinski definition) is 0. The third-order valence-electron chi connectivity index (χ3n) is 0.712. The quantitative estimate of drug-likeness (QED) is 0.483. The van der Waals surface area contributed by atoms with Crippen molar-refractivity contribution in [2.45, 2.75) is 15.9 Å². The summed E-state index contributed by atoms with van der Waals surface area (Å²) in [5.74, 6) is 0. The molecule has 0 aromatic heterocycles. The van der Waals surface area contributed by atoms with Crippen molar-refractivity contribution in [3.8, 4) is 0 Å². The van der Waals surface area contributed by atoms with E-state index in [4.69, 9.17) is 0 Å². The van der Waals surface area contributed by atoms with Crippen LogP contribution in [0.4, 0.5) is 22.0 Å². The van der Waals surface area contributed by atoms with Gasteiger partial charge in [0.05, 0.1) is 0 Å². The molecule has 0 nitrogen and oxygen atoms in total. The lowest BCUT2D eigenvalue weighted by atomic mass is 10.4. The summed E-state index contributed by atoms with van der Waals surface area (Å²) in [5.41, 5.74) is 0. The molecule has 0 rings (SSSR count). The lowest BCUT2D eigenvalue weighted by Crippen LogP contribution is -2.46. The first-order chi connectivity index (χ1) is 4.50. The van der Waals surface area contributed by atoms with E-state index in [0.717, 1.165) is 0 Å². The molecule has 68 valence electrons. The minimum Gasteiger partial charge on any atom is -0.184 e. The third-order valence-corrected chi connectivity index (χ3v) is 2.09. The van der Waals surface area contributed by atoms with Crippen molar-refractivity contribution in [1.82, 2.24) is 0 Å². The van der Waals surface area contributed by atoms with E-state index in [1.165, 1.54) is 0 Å². The van der Waals surface area contributed by atoms with Crippen molar-refractivity contribution >= 4 is 34.8 Å². The van der Waals surface area contributed by atoms with E-state index < -0.39 is 15.9 Å². The second-order valence-corrected chi connectivity index (χ2v) is 3.37. The summed E-state index contributed by atoms with van der Waals surface area (Å²) in [6.07, 6.45) is -5.47. The van der Waals surface area contributed by atoms with Crippen molar-refractivity contribution in [2.75, 3.05) is 0 Å². The van der Waals surface area contributed by atoms with Gasteiger partial charge in [0.2, 0.25) is 0 Å². The van der Waals surface area contributed by atoms with Crippen LogP contribution in [-0.4, -0.2) is 15.9 Å². The van der Waals surface area contributed by atoms with Gasteiger partial charge in [-0.2, -0.15) is 22.0 Å². The van der Waals surface area contributed by atoms with Crippen LogP contribution < -0.4 is 0 Å². The van der Waals surface area contributed by atoms with E-state index in [9.17, 15) is 22.0 Å². The first-order valence-corrected chi connectivity index (χ1v) is 3.15. The Kier molecular flexibility index (Phi) is 2.91. The molecule has 0 saturated carbocycles. The highest BCUT2D eigenvalue weighted by molar-refractivity contribution is 6.53. The lowest BCUT2D eigenvalue weighted by Gasteiger charge is -2.26. The molecule has 0 N–H and O–H groups in total. The number of halogens is 8. The number of hydrogen-bond acceptors (Lipinski definition) is 0. The molecule has 0 spiro atoms. The van der Waals surface area contributed by atoms with Crippen LogP contribution in [-0.2, 0) is 0 Å². The molecule has 0 bridgehead atoms. The summed E-state index contributed by atoms with van der Waals surface area (Å²) >= 11 is 12.5. The van der Waals surface area contributed by atoms with Crippen LogP contribution in [0.1, 0.15) is 0 Å². The van der Waals surface area contributed by atoms with Crippen molar-refractivity contribution in [2.24, 2.45) is 0 Å². The summed E-state index contributed by atoms with van der Waals surface area (Å²) in [4.78, 5) is 0. The van der Waals surface area contributed by atoms with Gasteiger partial charge in [0, 0.05) is 0 Å². The first kappa shape index (κ1) is 11.5. The molecule has 8 heteroatoms. The monoisotopic (exact) mass is 236 g/mol. The Hall–Kier alpha value is 0.520. The van der Waals surface area contributed by atoms with Crippen LogP contribution in [0.3, 0.4) is 0 Å². The van der Waals surface area contributed by atoms with Crippen molar-refractivity contribution < 1.29 is 22.0 Å². The van der Waals surface area contributed by atoms with Gasteiger partial charge in [-0.15, -0.1) is 0 Å². The smallest absolute Gasteiger partial charge is 0.184 e. The fourth-order valence-electron chi connectivity index (χ4n) is 0.161. The predicted octanol–water partition coefficient (Wildman–Crippen LogP) is 3.55. The second kappa shape index (κ2) is 2.78. The number of alkyl halides is 8. The number of rotatable bonds is 1. The van der Waals surface area contributed by atoms with Gasteiger partial charge in [0.1, 0.15) is 0 Å². The van der Waals surface area contributed by atoms with Crippen LogP contribution in [0.25, 0.3) is 0 Å². The Labute approximate surface area is 73.2 Å². The summed E-state index contributed by atoms with van der Waals surface area (Å²) < 4.78 is 53.8. The zero-order valence-electron chi connectivity index (χ0n) is 4.52. The molecular formula is C3Cl3F5. The lowest BCUT2D eigenvalue weighted by molar-refractivity contribution is -0.176. The van der Waals surface area contributed by atoms with Gasteiger partial charge in [-0.05, 0) is 11.6 Å². The minimum absolute atomic E-state index is 3.99. The molecule has 0 heterocycles. The molecule has 0 atom stereocenters. The van der Waals surface area contributed by atoms with E-state index in [2.05, 4.69) is 34.8 Å². The normalized spacial score (nSPS) is 15.3. The van der Waals surface area contributed by atoms with E-state index in [-0.39, 0.29) is 0 Å². The fourth-order valence-corrected chi connectivity index (χ4v) is 0.268. The van der Waals surface area contributed by atoms with Gasteiger partial charge < -0.3 is 0 Å². The van der Waals surface area contributed by atoms with E-state index >= 15 is 0 Å². The van der Waals surface area contributed by atoms with E-state index in [1.54, 1.807) is 0 Å². The first-order valence-electron chi connectivity index (χ1n) is 2.01. The average molecular weight is 237 g/mol. The van der Waals surface area contributed by atoms with Crippen LogP contribution in [0.5, 0.6) is 0 Å². The predicted molar refractivity (Wildman–Crippen MR) is 31.3 cm³/mol. The van der Waals surface area contributed by atoms with Crippen molar-refractivity contribution in [1.29, 1.82) is 0 Å². The molecular weight excluding hydrogens is 237 g/mol. The van der Waals surface area contributed by atoms with Gasteiger partial charge in [0.25, 0.3) is 4.33 Å². The van der Waals surface area contributed by atoms with Gasteiger partial charge >= 0.3 is 11.6 Å². The molecule has 0 unspecified atom stereocenters. The zero-order valence-corrected chi connectivity index (χ0v) is 6.79. The molecule has 0 fully saturated rings. The van der Waals surface area contributed by atoms with Gasteiger partial charge in [-0.1, -0.05) is 23.2 Å². The summed E-state index contributed by atoms with van der Waals surface area (Å²) in [5, 5.41) is -4.74. The SMILES string of the molecule is FC(F)(F)C(Cl)(Cl)C(F)(F)Cl. The van der Waals surface area contributed by atoms with Crippen LogP contribution in [0.2, 0.25) is 0 Å². The summed E-state index contributed by atoms with van der Waals surface area (Å²) in [6.45, 7) is 0. The standard InChI is InChI=1S/C3Cl3F5/c4-1(5,2(6,7)8)3(9,10)11. The highest BCUT2D eigenvalue weighted by atomic mass is 35.5. The second-order valence-electron chi connectivity index (χ2n) is 1.57. The molecule has 0 aliphatic heterocycles. The third kappa shape index (κ3) is 2.23. The average Bonchev–Trinajstić information content (AvgIpc) is 1.58. The Morgan fingerprint density at radius 3 is 1.00 bits per heavy atom. The highest BCUT2D eigenvalue weighted by Crippen LogP contribution is 2.51. The highest BCUT2D eigenvalue weighted by Gasteiger charge is 2.67. The molecule has 0 aliphatic carbocycles. The molecule has 0 amide bonds. The Morgan fingerprint density at radius 1 is 0.727 bits per heavy atom. The van der Waals surface area contributed by atoms with Crippen LogP contribution >= 0.6 is 34.8 Å². The fraction of sp³-hybridized carbons (Fsp3) is 1.00. The largest absolute Gasteiger partial charge is 0.428 e. The molecule has 0 saturated heterocycles. The maximum atomic E-state index is 11.8. The van der Waals surface area contributed by atoms with Gasteiger partial charge in [-0.25, -0.2) is 0 Å². The maximum absolute atomic E-state index is 11.8. The zero-order chi connectivity index (χ0) is 9.50. The summed E-state index contributed by atoms with van der Waals surface area (Å²) in [7, 11) is 0. The summed E-state index contributed by atoms with van der Waals surface area (Å²) in [6, 6.07) is 0. The van der Waals surface area contributed by atoms with Crippen molar-refractivity contribution in [3.63, 3.8) is 0 Å². The molecule has 0 aromatic carbocycles. The Balaban J connectivity index is 4.75. The Morgan fingerprint density at radius 2 is 1.00 bits per heavy atom. The molecule has 11 heavy (non-hydrogen) atoms. The van der Waals surface area contributed by atoms with Gasteiger partial charge in [0.15, 0.2) is 0 Å².